The molecule has 2 atom stereocenters. The number of nitrogens with zero attached hydrogens (tertiary/aromatic N) is 4. The number of ether oxygens (including phenoxy) is 1. The molecule has 19 heavy (non-hydrogen) atoms. The molecular weight excluding hydrogens is 244 g/mol. The van der Waals surface area contributed by atoms with Crippen LogP contribution in [0, 0.1) is 5.92 Å². The Labute approximate surface area is 109 Å². The third-order valence-electron chi connectivity index (χ3n) is 3.91. The van der Waals surface area contributed by atoms with Crippen LogP contribution in [0.1, 0.15) is 34.1 Å². The summed E-state index contributed by atoms with van der Waals surface area (Å²) in [5.41, 5.74) is 2.57. The second kappa shape index (κ2) is 3.63. The number of hydrogen-bond acceptors (Lipinski definition) is 5. The molecule has 2 aliphatic carbocycles. The van der Waals surface area contributed by atoms with Gasteiger partial charge in [-0.3, -0.25) is 4.98 Å². The molecule has 0 saturated heterocycles. The summed E-state index contributed by atoms with van der Waals surface area (Å²) in [5.74, 6) is 1.46. The molecular formula is C13H12N4O2. The molecule has 2 heterocycles. The van der Waals surface area contributed by atoms with Gasteiger partial charge in [-0.25, -0.2) is 14.5 Å². The molecule has 4 rings (SSSR count). The summed E-state index contributed by atoms with van der Waals surface area (Å²) in [7, 11) is 1.38. The zero-order valence-corrected chi connectivity index (χ0v) is 10.4. The molecule has 6 heteroatoms. The van der Waals surface area contributed by atoms with Gasteiger partial charge in [0, 0.05) is 23.9 Å². The van der Waals surface area contributed by atoms with Crippen molar-refractivity contribution in [1.29, 1.82) is 0 Å². The molecule has 0 N–H and O–H groups in total. The van der Waals surface area contributed by atoms with Gasteiger partial charge in [0.15, 0.2) is 11.5 Å². The lowest BCUT2D eigenvalue weighted by Crippen LogP contribution is -2.07. The van der Waals surface area contributed by atoms with Gasteiger partial charge in [-0.05, 0) is 18.8 Å². The molecule has 0 radical (unpaired) electrons. The van der Waals surface area contributed by atoms with Gasteiger partial charge >= 0.3 is 5.97 Å². The average Bonchev–Trinajstić information content (AvgIpc) is 2.96. The van der Waals surface area contributed by atoms with E-state index in [0.717, 1.165) is 17.7 Å². The second-order valence-electron chi connectivity index (χ2n) is 4.99. The van der Waals surface area contributed by atoms with Crippen molar-refractivity contribution in [1.82, 2.24) is 19.7 Å². The SMILES string of the molecule is COC(=O)c1nn(-c2cnccn2)c2c1CC1CC21. The maximum absolute atomic E-state index is 11.8. The first-order chi connectivity index (χ1) is 9.29. The molecule has 1 saturated carbocycles. The Morgan fingerprint density at radius 2 is 2.37 bits per heavy atom. The van der Waals surface area contributed by atoms with E-state index in [0.29, 0.717) is 23.3 Å². The minimum atomic E-state index is -0.375. The van der Waals surface area contributed by atoms with E-state index < -0.39 is 0 Å². The van der Waals surface area contributed by atoms with Gasteiger partial charge in [0.05, 0.1) is 19.0 Å². The number of carbonyl (C=O) groups is 1. The van der Waals surface area contributed by atoms with Gasteiger partial charge in [0.25, 0.3) is 0 Å². The molecule has 0 spiro atoms. The predicted molar refractivity (Wildman–Crippen MR) is 65.0 cm³/mol. The molecule has 0 aromatic carbocycles. The molecule has 2 aromatic rings. The van der Waals surface area contributed by atoms with E-state index in [9.17, 15) is 4.79 Å². The standard InChI is InChI=1S/C13H12N4O2/c1-19-13(18)11-9-5-7-4-8(7)12(9)17(16-11)10-6-14-2-3-15-10/h2-3,6-8H,4-5H2,1H3. The van der Waals surface area contributed by atoms with E-state index in [1.807, 2.05) is 0 Å². The highest BCUT2D eigenvalue weighted by atomic mass is 16.5. The molecule has 2 aromatic heterocycles. The van der Waals surface area contributed by atoms with Gasteiger partial charge in [-0.15, -0.1) is 0 Å². The van der Waals surface area contributed by atoms with Crippen LogP contribution in [-0.4, -0.2) is 32.8 Å². The van der Waals surface area contributed by atoms with Gasteiger partial charge in [-0.1, -0.05) is 0 Å². The Morgan fingerprint density at radius 1 is 1.47 bits per heavy atom. The Hall–Kier alpha value is -2.24. The highest BCUT2D eigenvalue weighted by Gasteiger charge is 2.50. The second-order valence-corrected chi connectivity index (χ2v) is 4.99. The van der Waals surface area contributed by atoms with Crippen LogP contribution >= 0.6 is 0 Å². The van der Waals surface area contributed by atoms with E-state index in [-0.39, 0.29) is 5.97 Å². The zero-order valence-electron chi connectivity index (χ0n) is 10.4. The Kier molecular flexibility index (Phi) is 2.04. The summed E-state index contributed by atoms with van der Waals surface area (Å²) < 4.78 is 6.57. The van der Waals surface area contributed by atoms with Gasteiger partial charge < -0.3 is 4.74 Å². The van der Waals surface area contributed by atoms with Crippen molar-refractivity contribution in [3.63, 3.8) is 0 Å². The van der Waals surface area contributed by atoms with Crippen molar-refractivity contribution in [3.05, 3.63) is 35.5 Å². The number of rotatable bonds is 2. The van der Waals surface area contributed by atoms with E-state index in [2.05, 4.69) is 15.1 Å². The molecule has 0 bridgehead atoms. The topological polar surface area (TPSA) is 69.9 Å². The van der Waals surface area contributed by atoms with E-state index in [4.69, 9.17) is 4.74 Å². The fourth-order valence-corrected chi connectivity index (χ4v) is 2.95. The molecule has 0 amide bonds. The normalized spacial score (nSPS) is 22.8. The van der Waals surface area contributed by atoms with Crippen LogP contribution in [-0.2, 0) is 11.2 Å². The van der Waals surface area contributed by atoms with Crippen LogP contribution in [0.4, 0.5) is 0 Å². The van der Waals surface area contributed by atoms with Gasteiger partial charge in [0.2, 0.25) is 0 Å². The van der Waals surface area contributed by atoms with Crippen LogP contribution in [0.15, 0.2) is 18.6 Å². The summed E-state index contributed by atoms with van der Waals surface area (Å²) in [6, 6.07) is 0. The minimum absolute atomic E-state index is 0.375. The minimum Gasteiger partial charge on any atom is -0.464 e. The van der Waals surface area contributed by atoms with Crippen molar-refractivity contribution in [2.24, 2.45) is 5.92 Å². The monoisotopic (exact) mass is 256 g/mol. The third-order valence-corrected chi connectivity index (χ3v) is 3.91. The fraction of sp³-hybridized carbons (Fsp3) is 0.385. The summed E-state index contributed by atoms with van der Waals surface area (Å²) >= 11 is 0. The largest absolute Gasteiger partial charge is 0.464 e. The molecule has 6 nitrogen and oxygen atoms in total. The van der Waals surface area contributed by atoms with Gasteiger partial charge in [0.1, 0.15) is 0 Å². The maximum Gasteiger partial charge on any atom is 0.358 e. The average molecular weight is 256 g/mol. The highest BCUT2D eigenvalue weighted by molar-refractivity contribution is 5.89. The summed E-state index contributed by atoms with van der Waals surface area (Å²) in [5, 5.41) is 4.39. The van der Waals surface area contributed by atoms with Crippen molar-refractivity contribution in [3.8, 4) is 5.82 Å². The number of hydrogen-bond donors (Lipinski definition) is 0. The molecule has 0 aliphatic heterocycles. The molecule has 96 valence electrons. The quantitative estimate of drug-likeness (QED) is 0.753. The lowest BCUT2D eigenvalue weighted by Gasteiger charge is -2.03. The van der Waals surface area contributed by atoms with Crippen LogP contribution in [0.25, 0.3) is 5.82 Å². The van der Waals surface area contributed by atoms with E-state index in [1.165, 1.54) is 13.5 Å². The first-order valence-electron chi connectivity index (χ1n) is 6.26. The summed E-state index contributed by atoms with van der Waals surface area (Å²) in [6.07, 6.45) is 7.00. The third kappa shape index (κ3) is 1.43. The first kappa shape index (κ1) is 10.7. The number of carbonyl (C=O) groups excluding carboxylic acids is 1. The van der Waals surface area contributed by atoms with Crippen LogP contribution < -0.4 is 0 Å². The molecule has 2 unspecified atom stereocenters. The number of fused-ring (bicyclic) bond motifs is 3. The number of esters is 1. The van der Waals surface area contributed by atoms with E-state index in [1.54, 1.807) is 23.3 Å². The van der Waals surface area contributed by atoms with Crippen molar-refractivity contribution in [2.75, 3.05) is 7.11 Å². The van der Waals surface area contributed by atoms with Crippen molar-refractivity contribution < 1.29 is 9.53 Å². The summed E-state index contributed by atoms with van der Waals surface area (Å²) in [6.45, 7) is 0. The van der Waals surface area contributed by atoms with Gasteiger partial charge in [-0.2, -0.15) is 5.10 Å². The molecule has 1 fully saturated rings. The smallest absolute Gasteiger partial charge is 0.358 e. The Bertz CT molecular complexity index is 665. The predicted octanol–water partition coefficient (Wildman–Crippen LogP) is 1.11. The maximum atomic E-state index is 11.8. The van der Waals surface area contributed by atoms with Crippen molar-refractivity contribution >= 4 is 5.97 Å². The lowest BCUT2D eigenvalue weighted by molar-refractivity contribution is 0.0592. The Balaban J connectivity index is 1.90. The highest BCUT2D eigenvalue weighted by Crippen LogP contribution is 2.57. The fourth-order valence-electron chi connectivity index (χ4n) is 2.95. The first-order valence-corrected chi connectivity index (χ1v) is 6.26. The summed E-state index contributed by atoms with van der Waals surface area (Å²) in [4.78, 5) is 20.1. The Morgan fingerprint density at radius 3 is 3.11 bits per heavy atom. The number of aromatic nitrogens is 4. The van der Waals surface area contributed by atoms with Crippen LogP contribution in [0.3, 0.4) is 0 Å². The molecule has 2 aliphatic rings. The van der Waals surface area contributed by atoms with Crippen LogP contribution in [0.2, 0.25) is 0 Å². The van der Waals surface area contributed by atoms with Crippen molar-refractivity contribution in [2.45, 2.75) is 18.8 Å². The number of methoxy groups -OCH3 is 1. The zero-order chi connectivity index (χ0) is 13.0. The van der Waals surface area contributed by atoms with E-state index >= 15 is 0 Å². The lowest BCUT2D eigenvalue weighted by atomic mass is 10.1. The van der Waals surface area contributed by atoms with Crippen LogP contribution in [0.5, 0.6) is 0 Å².